The second-order valence-electron chi connectivity index (χ2n) is 4.98. The number of hydrogen-bond acceptors (Lipinski definition) is 3. The van der Waals surface area contributed by atoms with Gasteiger partial charge in [-0.05, 0) is 46.2 Å². The Morgan fingerprint density at radius 3 is 3.00 bits per heavy atom. The summed E-state index contributed by atoms with van der Waals surface area (Å²) in [6.45, 7) is 12.2. The summed E-state index contributed by atoms with van der Waals surface area (Å²) in [6, 6.07) is 0.665. The highest BCUT2D eigenvalue weighted by Gasteiger charge is 2.15. The Kier molecular flexibility index (Phi) is 7.01. The van der Waals surface area contributed by atoms with Crippen LogP contribution in [0.4, 0.5) is 0 Å². The molecule has 16 heavy (non-hydrogen) atoms. The van der Waals surface area contributed by atoms with Crippen LogP contribution in [0.25, 0.3) is 0 Å². The van der Waals surface area contributed by atoms with Gasteiger partial charge in [0.1, 0.15) is 0 Å². The van der Waals surface area contributed by atoms with Crippen LogP contribution in [0.15, 0.2) is 0 Å². The first-order valence-electron chi connectivity index (χ1n) is 6.79. The van der Waals surface area contributed by atoms with Gasteiger partial charge >= 0.3 is 0 Å². The van der Waals surface area contributed by atoms with E-state index in [1.165, 1.54) is 25.8 Å². The maximum Gasteiger partial charge on any atom is 0.0674 e. The van der Waals surface area contributed by atoms with Crippen molar-refractivity contribution in [2.24, 2.45) is 0 Å². The van der Waals surface area contributed by atoms with Crippen molar-refractivity contribution in [1.29, 1.82) is 0 Å². The summed E-state index contributed by atoms with van der Waals surface area (Å²) in [4.78, 5) is 2.53. The third kappa shape index (κ3) is 5.83. The minimum atomic E-state index is 0.421. The number of ether oxygens (including phenoxy) is 1. The Labute approximate surface area is 101 Å². The normalized spacial score (nSPS) is 24.6. The molecule has 0 saturated carbocycles. The van der Waals surface area contributed by atoms with Gasteiger partial charge < -0.3 is 10.1 Å². The van der Waals surface area contributed by atoms with Gasteiger partial charge in [0, 0.05) is 19.1 Å². The molecule has 3 heteroatoms. The van der Waals surface area contributed by atoms with Crippen molar-refractivity contribution in [2.45, 2.75) is 52.2 Å². The van der Waals surface area contributed by atoms with Crippen molar-refractivity contribution in [3.05, 3.63) is 0 Å². The molecule has 1 rings (SSSR count). The predicted octanol–water partition coefficient (Wildman–Crippen LogP) is 1.88. The maximum atomic E-state index is 5.53. The lowest BCUT2D eigenvalue weighted by Gasteiger charge is -2.31. The molecule has 1 aliphatic rings. The molecule has 0 radical (unpaired) electrons. The average Bonchev–Trinajstić information content (AvgIpc) is 2.26. The highest BCUT2D eigenvalue weighted by molar-refractivity contribution is 4.69. The second-order valence-corrected chi connectivity index (χ2v) is 4.98. The summed E-state index contributed by atoms with van der Waals surface area (Å²) in [6.07, 6.45) is 4.23. The molecule has 0 aromatic carbocycles. The smallest absolute Gasteiger partial charge is 0.0674 e. The minimum absolute atomic E-state index is 0.421. The van der Waals surface area contributed by atoms with Crippen LogP contribution in [0.5, 0.6) is 0 Å². The topological polar surface area (TPSA) is 24.5 Å². The molecule has 0 aromatic rings. The Bertz CT molecular complexity index is 175. The van der Waals surface area contributed by atoms with E-state index >= 15 is 0 Å². The molecular formula is C13H28N2O. The predicted molar refractivity (Wildman–Crippen MR) is 68.8 cm³/mol. The van der Waals surface area contributed by atoms with E-state index in [0.29, 0.717) is 12.1 Å². The Morgan fingerprint density at radius 2 is 2.31 bits per heavy atom. The molecule has 0 aliphatic carbocycles. The molecule has 1 N–H and O–H groups in total. The van der Waals surface area contributed by atoms with Gasteiger partial charge in [0.2, 0.25) is 0 Å². The van der Waals surface area contributed by atoms with Crippen LogP contribution < -0.4 is 5.32 Å². The van der Waals surface area contributed by atoms with Crippen LogP contribution in [0, 0.1) is 0 Å². The van der Waals surface area contributed by atoms with E-state index in [4.69, 9.17) is 4.74 Å². The van der Waals surface area contributed by atoms with Gasteiger partial charge in [0.15, 0.2) is 0 Å². The first kappa shape index (κ1) is 13.9. The van der Waals surface area contributed by atoms with Crippen LogP contribution in [0.3, 0.4) is 0 Å². The zero-order valence-corrected chi connectivity index (χ0v) is 11.2. The molecule has 1 saturated heterocycles. The van der Waals surface area contributed by atoms with Gasteiger partial charge in [0.05, 0.1) is 12.7 Å². The van der Waals surface area contributed by atoms with Gasteiger partial charge in [-0.25, -0.2) is 0 Å². The summed E-state index contributed by atoms with van der Waals surface area (Å²) in [5, 5.41) is 3.54. The number of hydrogen-bond donors (Lipinski definition) is 1. The molecule has 2 atom stereocenters. The Morgan fingerprint density at radius 1 is 1.50 bits per heavy atom. The van der Waals surface area contributed by atoms with Crippen molar-refractivity contribution >= 4 is 0 Å². The van der Waals surface area contributed by atoms with Crippen LogP contribution in [0.1, 0.15) is 40.0 Å². The van der Waals surface area contributed by atoms with E-state index in [1.54, 1.807) is 0 Å². The van der Waals surface area contributed by atoms with Crippen molar-refractivity contribution in [3.63, 3.8) is 0 Å². The van der Waals surface area contributed by atoms with Crippen molar-refractivity contribution in [1.82, 2.24) is 10.2 Å². The van der Waals surface area contributed by atoms with Gasteiger partial charge in [-0.1, -0.05) is 6.92 Å². The van der Waals surface area contributed by atoms with Crippen molar-refractivity contribution < 1.29 is 4.74 Å². The van der Waals surface area contributed by atoms with Crippen LogP contribution in [0.2, 0.25) is 0 Å². The Balaban J connectivity index is 2.01. The third-order valence-corrected chi connectivity index (χ3v) is 3.18. The van der Waals surface area contributed by atoms with Crippen LogP contribution >= 0.6 is 0 Å². The number of rotatable bonds is 7. The van der Waals surface area contributed by atoms with Gasteiger partial charge in [-0.2, -0.15) is 0 Å². The third-order valence-electron chi connectivity index (χ3n) is 3.18. The molecule has 1 aliphatic heterocycles. The summed E-state index contributed by atoms with van der Waals surface area (Å²) in [5.41, 5.74) is 0. The molecule has 3 nitrogen and oxygen atoms in total. The van der Waals surface area contributed by atoms with Gasteiger partial charge in [-0.15, -0.1) is 0 Å². The summed E-state index contributed by atoms with van der Waals surface area (Å²) < 4.78 is 5.53. The average molecular weight is 228 g/mol. The first-order valence-corrected chi connectivity index (χ1v) is 6.79. The largest absolute Gasteiger partial charge is 0.376 e. The number of nitrogens with one attached hydrogen (secondary N) is 1. The van der Waals surface area contributed by atoms with E-state index in [2.05, 4.69) is 31.0 Å². The molecule has 1 fully saturated rings. The molecule has 0 aromatic heterocycles. The maximum absolute atomic E-state index is 5.53. The standard InChI is InChI=1S/C13H28N2O/c1-4-7-14-12(2)6-5-8-15-9-10-16-13(3)11-15/h12-14H,4-11H2,1-3H3. The zero-order valence-electron chi connectivity index (χ0n) is 11.2. The number of nitrogens with zero attached hydrogens (tertiary/aromatic N) is 1. The fraction of sp³-hybridized carbons (Fsp3) is 1.00. The van der Waals surface area contributed by atoms with E-state index in [1.807, 2.05) is 0 Å². The lowest BCUT2D eigenvalue weighted by atomic mass is 10.1. The molecule has 96 valence electrons. The SMILES string of the molecule is CCCNC(C)CCCN1CCOC(C)C1. The van der Waals surface area contributed by atoms with Crippen LogP contribution in [-0.2, 0) is 4.74 Å². The molecule has 2 unspecified atom stereocenters. The monoisotopic (exact) mass is 228 g/mol. The van der Waals surface area contributed by atoms with Crippen LogP contribution in [-0.4, -0.2) is 49.8 Å². The fourth-order valence-corrected chi connectivity index (χ4v) is 2.21. The lowest BCUT2D eigenvalue weighted by Crippen LogP contribution is -2.41. The van der Waals surface area contributed by atoms with Gasteiger partial charge in [-0.3, -0.25) is 4.90 Å². The van der Waals surface area contributed by atoms with E-state index < -0.39 is 0 Å². The van der Waals surface area contributed by atoms with E-state index in [-0.39, 0.29) is 0 Å². The lowest BCUT2D eigenvalue weighted by molar-refractivity contribution is -0.0187. The fourth-order valence-electron chi connectivity index (χ4n) is 2.21. The van der Waals surface area contributed by atoms with E-state index in [9.17, 15) is 0 Å². The van der Waals surface area contributed by atoms with Crippen molar-refractivity contribution in [3.8, 4) is 0 Å². The molecule has 0 spiro atoms. The highest BCUT2D eigenvalue weighted by Crippen LogP contribution is 2.06. The molecule has 1 heterocycles. The summed E-state index contributed by atoms with van der Waals surface area (Å²) in [5.74, 6) is 0. The first-order chi connectivity index (χ1) is 7.72. The molecule has 0 bridgehead atoms. The molecule has 0 amide bonds. The minimum Gasteiger partial charge on any atom is -0.376 e. The molecular weight excluding hydrogens is 200 g/mol. The quantitative estimate of drug-likeness (QED) is 0.720. The summed E-state index contributed by atoms with van der Waals surface area (Å²) >= 11 is 0. The van der Waals surface area contributed by atoms with Gasteiger partial charge in [0.25, 0.3) is 0 Å². The highest BCUT2D eigenvalue weighted by atomic mass is 16.5. The zero-order chi connectivity index (χ0) is 11.8. The van der Waals surface area contributed by atoms with Crippen molar-refractivity contribution in [2.75, 3.05) is 32.8 Å². The van der Waals surface area contributed by atoms with E-state index in [0.717, 1.165) is 26.2 Å². The Hall–Kier alpha value is -0.120. The summed E-state index contributed by atoms with van der Waals surface area (Å²) in [7, 11) is 0. The second kappa shape index (κ2) is 8.04. The number of morpholine rings is 1.